The summed E-state index contributed by atoms with van der Waals surface area (Å²) < 4.78 is 0. The second kappa shape index (κ2) is 10.3. The predicted molar refractivity (Wildman–Crippen MR) is 119 cm³/mol. The second-order valence-corrected chi connectivity index (χ2v) is 9.41. The molecule has 31 heavy (non-hydrogen) atoms. The third kappa shape index (κ3) is 5.66. The van der Waals surface area contributed by atoms with E-state index in [2.05, 4.69) is 0 Å². The van der Waals surface area contributed by atoms with Gasteiger partial charge >= 0.3 is 0 Å². The maximum absolute atomic E-state index is 13.0. The van der Waals surface area contributed by atoms with Gasteiger partial charge < -0.3 is 14.7 Å². The fraction of sp³-hybridized carbons (Fsp3) is 0.640. The van der Waals surface area contributed by atoms with Crippen molar-refractivity contribution < 1.29 is 14.4 Å². The molecular weight excluding hydrogens is 390 g/mol. The molecule has 1 aliphatic carbocycles. The number of carbonyl (C=O) groups is 3. The van der Waals surface area contributed by atoms with Crippen molar-refractivity contribution in [3.8, 4) is 0 Å². The van der Waals surface area contributed by atoms with E-state index in [0.717, 1.165) is 17.9 Å². The maximum atomic E-state index is 13.0. The lowest BCUT2D eigenvalue weighted by Gasteiger charge is -2.36. The van der Waals surface area contributed by atoms with Crippen LogP contribution in [0.2, 0.25) is 0 Å². The van der Waals surface area contributed by atoms with Gasteiger partial charge in [0.05, 0.1) is 5.92 Å². The second-order valence-electron chi connectivity index (χ2n) is 9.41. The minimum Gasteiger partial charge on any atom is -0.339 e. The molecule has 6 nitrogen and oxygen atoms in total. The molecule has 2 aliphatic heterocycles. The van der Waals surface area contributed by atoms with Gasteiger partial charge in [-0.05, 0) is 17.9 Å². The van der Waals surface area contributed by atoms with Crippen molar-refractivity contribution in [1.29, 1.82) is 0 Å². The Bertz CT molecular complexity index is 767. The Morgan fingerprint density at radius 1 is 0.903 bits per heavy atom. The molecule has 0 aromatic heterocycles. The first-order chi connectivity index (χ1) is 15.1. The van der Waals surface area contributed by atoms with Crippen LogP contribution in [0.15, 0.2) is 30.3 Å². The van der Waals surface area contributed by atoms with Crippen molar-refractivity contribution in [3.63, 3.8) is 0 Å². The number of likely N-dealkylation sites (tertiary alicyclic amines) is 1. The molecule has 1 atom stereocenters. The number of hydrogen-bond donors (Lipinski definition) is 0. The quantitative estimate of drug-likeness (QED) is 0.704. The van der Waals surface area contributed by atoms with Crippen molar-refractivity contribution in [2.75, 3.05) is 32.7 Å². The Hall–Kier alpha value is -2.37. The van der Waals surface area contributed by atoms with Crippen molar-refractivity contribution >= 4 is 17.7 Å². The summed E-state index contributed by atoms with van der Waals surface area (Å²) in [5.74, 6) is 0.823. The van der Waals surface area contributed by atoms with E-state index in [-0.39, 0.29) is 23.6 Å². The largest absolute Gasteiger partial charge is 0.339 e. The molecule has 3 aliphatic rings. The van der Waals surface area contributed by atoms with E-state index in [4.69, 9.17) is 0 Å². The zero-order valence-corrected chi connectivity index (χ0v) is 18.5. The average molecular weight is 426 g/mol. The molecule has 6 heteroatoms. The van der Waals surface area contributed by atoms with Crippen molar-refractivity contribution in [2.24, 2.45) is 11.8 Å². The Labute approximate surface area is 185 Å². The smallest absolute Gasteiger partial charge is 0.228 e. The van der Waals surface area contributed by atoms with Gasteiger partial charge in [0.25, 0.3) is 0 Å². The molecule has 2 saturated heterocycles. The molecule has 2 heterocycles. The van der Waals surface area contributed by atoms with Gasteiger partial charge in [0.2, 0.25) is 17.7 Å². The van der Waals surface area contributed by atoms with Gasteiger partial charge in [0.15, 0.2) is 0 Å². The van der Waals surface area contributed by atoms with Gasteiger partial charge in [0, 0.05) is 52.1 Å². The van der Waals surface area contributed by atoms with E-state index < -0.39 is 0 Å². The van der Waals surface area contributed by atoms with E-state index in [0.29, 0.717) is 52.1 Å². The summed E-state index contributed by atoms with van der Waals surface area (Å²) in [4.78, 5) is 43.6. The first kappa shape index (κ1) is 21.8. The lowest BCUT2D eigenvalue weighted by atomic mass is 9.86. The molecule has 168 valence electrons. The minimum absolute atomic E-state index is 0.0544. The summed E-state index contributed by atoms with van der Waals surface area (Å²) in [7, 11) is 0. The molecule has 1 saturated carbocycles. The highest BCUT2D eigenvalue weighted by atomic mass is 16.2. The topological polar surface area (TPSA) is 60.9 Å². The number of nitrogens with zero attached hydrogens (tertiary/aromatic N) is 3. The number of amides is 3. The van der Waals surface area contributed by atoms with Crippen molar-refractivity contribution in [3.05, 3.63) is 35.9 Å². The highest BCUT2D eigenvalue weighted by Crippen LogP contribution is 2.28. The van der Waals surface area contributed by atoms with Gasteiger partial charge in [-0.1, -0.05) is 62.4 Å². The summed E-state index contributed by atoms with van der Waals surface area (Å²) in [6.45, 7) is 3.45. The molecule has 4 rings (SSSR count). The predicted octanol–water partition coefficient (Wildman–Crippen LogP) is 3.07. The first-order valence-electron chi connectivity index (χ1n) is 12.0. The van der Waals surface area contributed by atoms with Gasteiger partial charge in [-0.2, -0.15) is 0 Å². The number of piperazine rings is 1. The Balaban J connectivity index is 1.21. The Morgan fingerprint density at radius 2 is 1.58 bits per heavy atom. The van der Waals surface area contributed by atoms with Crippen LogP contribution in [-0.4, -0.2) is 65.1 Å². The fourth-order valence-corrected chi connectivity index (χ4v) is 5.29. The van der Waals surface area contributed by atoms with Crippen LogP contribution in [0.3, 0.4) is 0 Å². The van der Waals surface area contributed by atoms with Crippen LogP contribution >= 0.6 is 0 Å². The molecule has 3 fully saturated rings. The maximum Gasteiger partial charge on any atom is 0.228 e. The highest BCUT2D eigenvalue weighted by molar-refractivity contribution is 5.89. The summed E-state index contributed by atoms with van der Waals surface area (Å²) >= 11 is 0. The minimum atomic E-state index is -0.259. The third-order valence-electron chi connectivity index (χ3n) is 7.22. The van der Waals surface area contributed by atoms with Crippen LogP contribution in [0, 0.1) is 11.8 Å². The van der Waals surface area contributed by atoms with E-state index in [1.165, 1.54) is 32.1 Å². The number of hydrogen-bond acceptors (Lipinski definition) is 3. The molecule has 1 aromatic carbocycles. The van der Waals surface area contributed by atoms with Crippen LogP contribution in [0.1, 0.15) is 56.9 Å². The van der Waals surface area contributed by atoms with Crippen LogP contribution in [0.4, 0.5) is 0 Å². The molecule has 0 bridgehead atoms. The van der Waals surface area contributed by atoms with Crippen LogP contribution in [0.5, 0.6) is 0 Å². The SMILES string of the molecule is O=C(CCC1CCCCC1)N1CCN(C(=O)C2CC(=O)N(Cc3ccccc3)C2)CC1. The van der Waals surface area contributed by atoms with E-state index in [9.17, 15) is 14.4 Å². The molecule has 0 radical (unpaired) electrons. The third-order valence-corrected chi connectivity index (χ3v) is 7.22. The van der Waals surface area contributed by atoms with Crippen LogP contribution in [-0.2, 0) is 20.9 Å². The lowest BCUT2D eigenvalue weighted by molar-refractivity contribution is -0.142. The van der Waals surface area contributed by atoms with Crippen LogP contribution in [0.25, 0.3) is 0 Å². The summed E-state index contributed by atoms with van der Waals surface area (Å²) in [5.41, 5.74) is 1.09. The van der Waals surface area contributed by atoms with E-state index in [1.807, 2.05) is 40.1 Å². The van der Waals surface area contributed by atoms with Gasteiger partial charge in [0.1, 0.15) is 0 Å². The Kier molecular flexibility index (Phi) is 7.25. The van der Waals surface area contributed by atoms with Crippen molar-refractivity contribution in [2.45, 2.75) is 57.9 Å². The van der Waals surface area contributed by atoms with Crippen LogP contribution < -0.4 is 0 Å². The normalized spacial score (nSPS) is 22.8. The fourth-order valence-electron chi connectivity index (χ4n) is 5.29. The molecular formula is C25H35N3O3. The number of carbonyl (C=O) groups excluding carboxylic acids is 3. The zero-order valence-electron chi connectivity index (χ0n) is 18.5. The first-order valence-corrected chi connectivity index (χ1v) is 12.0. The monoisotopic (exact) mass is 425 g/mol. The molecule has 1 aromatic rings. The van der Waals surface area contributed by atoms with Gasteiger partial charge in [-0.25, -0.2) is 0 Å². The average Bonchev–Trinajstić information content (AvgIpc) is 3.18. The van der Waals surface area contributed by atoms with Gasteiger partial charge in [-0.15, -0.1) is 0 Å². The molecule has 0 spiro atoms. The molecule has 3 amide bonds. The number of benzene rings is 1. The van der Waals surface area contributed by atoms with E-state index >= 15 is 0 Å². The van der Waals surface area contributed by atoms with Gasteiger partial charge in [-0.3, -0.25) is 14.4 Å². The summed E-state index contributed by atoms with van der Waals surface area (Å²) in [6, 6.07) is 9.91. The molecule has 0 N–H and O–H groups in total. The summed E-state index contributed by atoms with van der Waals surface area (Å²) in [5, 5.41) is 0. The Morgan fingerprint density at radius 3 is 2.29 bits per heavy atom. The lowest BCUT2D eigenvalue weighted by Crippen LogP contribution is -2.52. The summed E-state index contributed by atoms with van der Waals surface area (Å²) in [6.07, 6.45) is 8.47. The zero-order chi connectivity index (χ0) is 21.6. The van der Waals surface area contributed by atoms with E-state index in [1.54, 1.807) is 4.90 Å². The molecule has 1 unspecified atom stereocenters. The number of rotatable bonds is 6. The standard InChI is InChI=1S/C25H35N3O3/c29-23(12-11-20-7-3-1-4-8-20)26-13-15-27(16-14-26)25(31)22-17-24(30)28(19-22)18-21-9-5-2-6-10-21/h2,5-6,9-10,20,22H,1,3-4,7-8,11-19H2. The highest BCUT2D eigenvalue weighted by Gasteiger charge is 2.37. The van der Waals surface area contributed by atoms with Crippen molar-refractivity contribution in [1.82, 2.24) is 14.7 Å².